The Kier molecular flexibility index (Phi) is 4.42. The maximum Gasteiger partial charge on any atom is 0.198 e. The molecule has 1 nitrogen and oxygen atoms in total. The standard InChI is InChI=1S/C9H7I3O/c1-6-2-4-7(5-3-6)8(13)9(10,11)12/h2-5H,1H3. The first-order valence-corrected chi connectivity index (χ1v) is 6.83. The molecule has 0 aliphatic rings. The topological polar surface area (TPSA) is 17.1 Å². The van der Waals surface area contributed by atoms with E-state index in [-0.39, 0.29) is 5.22 Å². The van der Waals surface area contributed by atoms with E-state index in [4.69, 9.17) is 0 Å². The lowest BCUT2D eigenvalue weighted by atomic mass is 10.1. The lowest BCUT2D eigenvalue weighted by Gasteiger charge is -2.10. The van der Waals surface area contributed by atoms with Gasteiger partial charge in [-0.05, 0) is 74.7 Å². The molecule has 0 N–H and O–H groups in total. The number of carbonyl (C=O) groups excluding carboxylic acids is 1. The van der Waals surface area contributed by atoms with E-state index in [9.17, 15) is 4.79 Å². The molecule has 0 aliphatic heterocycles. The van der Waals surface area contributed by atoms with Gasteiger partial charge in [0.25, 0.3) is 0 Å². The third-order valence-corrected chi connectivity index (χ3v) is 3.04. The Morgan fingerprint density at radius 3 is 2.00 bits per heavy atom. The van der Waals surface area contributed by atoms with Crippen LogP contribution in [-0.4, -0.2) is 5.22 Å². The third-order valence-electron chi connectivity index (χ3n) is 1.57. The quantitative estimate of drug-likeness (QED) is 0.331. The van der Waals surface area contributed by atoms with E-state index >= 15 is 0 Å². The number of aryl methyl sites for hydroxylation is 1. The van der Waals surface area contributed by atoms with Gasteiger partial charge in [-0.1, -0.05) is 29.8 Å². The normalized spacial score (nSPS) is 11.4. The van der Waals surface area contributed by atoms with E-state index in [1.165, 1.54) is 5.56 Å². The molecule has 13 heavy (non-hydrogen) atoms. The van der Waals surface area contributed by atoms with Crippen LogP contribution in [-0.2, 0) is 0 Å². The summed E-state index contributed by atoms with van der Waals surface area (Å²) in [5.41, 5.74) is 1.96. The van der Waals surface area contributed by atoms with Crippen LogP contribution >= 0.6 is 67.8 Å². The highest BCUT2D eigenvalue weighted by molar-refractivity contribution is 14.3. The fourth-order valence-electron chi connectivity index (χ4n) is 0.869. The Hall–Kier alpha value is 1.08. The minimum Gasteiger partial charge on any atom is -0.291 e. The van der Waals surface area contributed by atoms with E-state index in [0.717, 1.165) is 5.56 Å². The van der Waals surface area contributed by atoms with Crippen molar-refractivity contribution in [2.45, 2.75) is 6.36 Å². The molecule has 1 aromatic rings. The molecule has 0 amide bonds. The summed E-state index contributed by atoms with van der Waals surface area (Å²) in [7, 11) is 0. The van der Waals surface area contributed by atoms with Crippen LogP contribution in [0.2, 0.25) is 0 Å². The van der Waals surface area contributed by atoms with Gasteiger partial charge in [-0.15, -0.1) is 0 Å². The molecule has 0 radical (unpaired) electrons. The molecule has 0 bridgehead atoms. The van der Waals surface area contributed by atoms with Crippen molar-refractivity contribution in [3.05, 3.63) is 35.4 Å². The first-order valence-electron chi connectivity index (χ1n) is 3.59. The Morgan fingerprint density at radius 2 is 1.62 bits per heavy atom. The lowest BCUT2D eigenvalue weighted by molar-refractivity contribution is 0.101. The van der Waals surface area contributed by atoms with Crippen LogP contribution < -0.4 is 0 Å². The highest BCUT2D eigenvalue weighted by Crippen LogP contribution is 2.38. The highest BCUT2D eigenvalue weighted by Gasteiger charge is 2.28. The molecule has 0 spiro atoms. The van der Waals surface area contributed by atoms with Crippen molar-refractivity contribution < 1.29 is 4.79 Å². The number of carbonyl (C=O) groups is 1. The number of benzene rings is 1. The molecule has 0 aliphatic carbocycles. The Bertz CT molecular complexity index is 311. The van der Waals surface area contributed by atoms with Crippen LogP contribution in [0.1, 0.15) is 15.9 Å². The monoisotopic (exact) mass is 512 g/mol. The number of ketones is 1. The summed E-state index contributed by atoms with van der Waals surface area (Å²) in [6, 6.07) is 7.68. The molecule has 0 saturated carbocycles. The Balaban J connectivity index is 2.97. The van der Waals surface area contributed by atoms with Gasteiger partial charge in [0.1, 0.15) is 0 Å². The maximum atomic E-state index is 11.8. The SMILES string of the molecule is Cc1ccc(C(=O)C(I)(I)I)cc1. The van der Waals surface area contributed by atoms with Gasteiger partial charge in [-0.3, -0.25) is 4.79 Å². The van der Waals surface area contributed by atoms with Crippen molar-refractivity contribution in [3.63, 3.8) is 0 Å². The van der Waals surface area contributed by atoms with Crippen molar-refractivity contribution in [2.75, 3.05) is 0 Å². The predicted octanol–water partition coefficient (Wildman–Crippen LogP) is 4.14. The molecule has 4 heteroatoms. The van der Waals surface area contributed by atoms with Crippen molar-refractivity contribution in [3.8, 4) is 0 Å². The number of hydrogen-bond acceptors (Lipinski definition) is 1. The average Bonchev–Trinajstić information content (AvgIpc) is 2.03. The number of hydrogen-bond donors (Lipinski definition) is 0. The Morgan fingerprint density at radius 1 is 1.15 bits per heavy atom. The van der Waals surface area contributed by atoms with E-state index in [1.54, 1.807) is 0 Å². The van der Waals surface area contributed by atoms with Crippen molar-refractivity contribution in [1.82, 2.24) is 0 Å². The second-order valence-corrected chi connectivity index (χ2v) is 13.7. The molecule has 70 valence electrons. The first kappa shape index (κ1) is 12.2. The van der Waals surface area contributed by atoms with Gasteiger partial charge in [0, 0.05) is 5.56 Å². The molecule has 0 unspecified atom stereocenters. The van der Waals surface area contributed by atoms with E-state index in [1.807, 2.05) is 31.2 Å². The van der Waals surface area contributed by atoms with Crippen molar-refractivity contribution >= 4 is 73.6 Å². The Labute approximate surface area is 118 Å². The van der Waals surface area contributed by atoms with E-state index in [0.29, 0.717) is 0 Å². The third kappa shape index (κ3) is 3.61. The molecule has 1 aromatic carbocycles. The van der Waals surface area contributed by atoms with E-state index < -0.39 is 0 Å². The number of rotatable bonds is 2. The lowest BCUT2D eigenvalue weighted by Crippen LogP contribution is -2.16. The van der Waals surface area contributed by atoms with Crippen molar-refractivity contribution in [2.24, 2.45) is 0 Å². The predicted molar refractivity (Wildman–Crippen MR) is 80.3 cm³/mol. The van der Waals surface area contributed by atoms with E-state index in [2.05, 4.69) is 67.8 Å². The second-order valence-electron chi connectivity index (χ2n) is 2.69. The molecule has 0 atom stereocenters. The zero-order valence-corrected chi connectivity index (χ0v) is 13.3. The van der Waals surface area contributed by atoms with Gasteiger partial charge in [0.15, 0.2) is 5.22 Å². The zero-order valence-electron chi connectivity index (χ0n) is 6.85. The summed E-state index contributed by atoms with van der Waals surface area (Å²) < 4.78 is -0.372. The largest absolute Gasteiger partial charge is 0.291 e. The molecule has 0 fully saturated rings. The summed E-state index contributed by atoms with van der Waals surface area (Å²) in [5, 5.41) is 0. The molecule has 0 saturated heterocycles. The summed E-state index contributed by atoms with van der Waals surface area (Å²) in [4.78, 5) is 11.8. The fraction of sp³-hybridized carbons (Fsp3) is 0.222. The van der Waals surface area contributed by atoms with Crippen LogP contribution in [0.25, 0.3) is 0 Å². The van der Waals surface area contributed by atoms with Gasteiger partial charge in [-0.25, -0.2) is 0 Å². The zero-order chi connectivity index (χ0) is 10.1. The summed E-state index contributed by atoms with van der Waals surface area (Å²) in [6.45, 7) is 2.01. The van der Waals surface area contributed by atoms with Gasteiger partial charge < -0.3 is 0 Å². The summed E-state index contributed by atoms with van der Waals surface area (Å²) in [5.74, 6) is 0.161. The van der Waals surface area contributed by atoms with Crippen LogP contribution in [0.4, 0.5) is 0 Å². The number of Topliss-reactive ketones (excluding diaryl/α,β-unsaturated/α-hetero) is 1. The molecule has 0 heterocycles. The number of halogens is 3. The van der Waals surface area contributed by atoms with Crippen LogP contribution in [0.5, 0.6) is 0 Å². The summed E-state index contributed by atoms with van der Waals surface area (Å²) >= 11 is 6.42. The smallest absolute Gasteiger partial charge is 0.198 e. The summed E-state index contributed by atoms with van der Waals surface area (Å²) in [6.07, 6.45) is 0. The van der Waals surface area contributed by atoms with Crippen molar-refractivity contribution in [1.29, 1.82) is 0 Å². The highest BCUT2D eigenvalue weighted by atomic mass is 127. The van der Waals surface area contributed by atoms with Crippen LogP contribution in [0, 0.1) is 6.92 Å². The van der Waals surface area contributed by atoms with Gasteiger partial charge in [0.2, 0.25) is 0 Å². The molecular formula is C9H7I3O. The second kappa shape index (κ2) is 4.73. The van der Waals surface area contributed by atoms with Gasteiger partial charge >= 0.3 is 0 Å². The van der Waals surface area contributed by atoms with Crippen LogP contribution in [0.3, 0.4) is 0 Å². The first-order chi connectivity index (χ1) is 5.91. The minimum atomic E-state index is -0.372. The molecule has 0 aromatic heterocycles. The maximum absolute atomic E-state index is 11.8. The van der Waals surface area contributed by atoms with Gasteiger partial charge in [-0.2, -0.15) is 0 Å². The van der Waals surface area contributed by atoms with Gasteiger partial charge in [0.05, 0.1) is 0 Å². The fourth-order valence-corrected chi connectivity index (χ4v) is 1.80. The average molecular weight is 512 g/mol. The minimum absolute atomic E-state index is 0.161. The van der Waals surface area contributed by atoms with Crippen LogP contribution in [0.15, 0.2) is 24.3 Å². The molecule has 1 rings (SSSR count). The molecular weight excluding hydrogens is 505 g/mol. The number of alkyl halides is 3.